The lowest BCUT2D eigenvalue weighted by atomic mass is 10.1. The Labute approximate surface area is 168 Å². The summed E-state index contributed by atoms with van der Waals surface area (Å²) in [5.74, 6) is -0.758. The number of benzene rings is 2. The van der Waals surface area contributed by atoms with E-state index in [0.29, 0.717) is 28.6 Å². The number of nitrogens with one attached hydrogen (secondary N) is 1. The summed E-state index contributed by atoms with van der Waals surface area (Å²) in [6, 6.07) is 13.8. The van der Waals surface area contributed by atoms with Crippen LogP contribution < -0.4 is 10.1 Å². The fraction of sp³-hybridized carbons (Fsp3) is 0.190. The molecule has 144 valence electrons. The summed E-state index contributed by atoms with van der Waals surface area (Å²) in [5, 5.41) is 12.1. The highest BCUT2D eigenvalue weighted by molar-refractivity contribution is 6.33. The molecule has 7 heteroatoms. The van der Waals surface area contributed by atoms with Gasteiger partial charge in [0, 0.05) is 0 Å². The molecule has 2 rings (SSSR count). The number of aryl methyl sites for hydroxylation is 1. The summed E-state index contributed by atoms with van der Waals surface area (Å²) in [5.41, 5.74) is 1.78. The van der Waals surface area contributed by atoms with Crippen LogP contribution in [0.25, 0.3) is 6.08 Å². The van der Waals surface area contributed by atoms with Gasteiger partial charge in [-0.05, 0) is 55.3 Å². The van der Waals surface area contributed by atoms with Gasteiger partial charge in [-0.2, -0.15) is 5.26 Å². The molecular formula is C21H19ClN2O4. The van der Waals surface area contributed by atoms with Gasteiger partial charge in [0.25, 0.3) is 5.91 Å². The number of amides is 1. The number of carbonyl (C=O) groups is 2. The maximum absolute atomic E-state index is 12.1. The van der Waals surface area contributed by atoms with E-state index in [1.165, 1.54) is 6.08 Å². The number of hydrogen-bond acceptors (Lipinski definition) is 5. The lowest BCUT2D eigenvalue weighted by Crippen LogP contribution is -2.21. The van der Waals surface area contributed by atoms with Crippen LogP contribution in [0.15, 0.2) is 48.0 Å². The van der Waals surface area contributed by atoms with Crippen LogP contribution in [-0.4, -0.2) is 25.1 Å². The molecule has 6 nitrogen and oxygen atoms in total. The summed E-state index contributed by atoms with van der Waals surface area (Å²) >= 11 is 6.05. The molecule has 0 saturated heterocycles. The number of hydrogen-bond donors (Lipinski definition) is 1. The number of ether oxygens (including phenoxy) is 2. The second-order valence-corrected chi connectivity index (χ2v) is 6.19. The molecule has 0 aliphatic heterocycles. The van der Waals surface area contributed by atoms with Gasteiger partial charge in [-0.3, -0.25) is 4.79 Å². The lowest BCUT2D eigenvalue weighted by Gasteiger charge is -2.08. The van der Waals surface area contributed by atoms with Gasteiger partial charge in [0.1, 0.15) is 17.4 Å². The van der Waals surface area contributed by atoms with Crippen LogP contribution in [0.1, 0.15) is 18.1 Å². The van der Waals surface area contributed by atoms with Gasteiger partial charge in [0.15, 0.2) is 6.61 Å². The quantitative estimate of drug-likeness (QED) is 0.430. The van der Waals surface area contributed by atoms with Crippen LogP contribution in [0.4, 0.5) is 5.69 Å². The molecule has 0 radical (unpaired) electrons. The summed E-state index contributed by atoms with van der Waals surface area (Å²) in [6.45, 7) is 3.76. The van der Waals surface area contributed by atoms with Crippen molar-refractivity contribution in [2.75, 3.05) is 18.5 Å². The summed E-state index contributed by atoms with van der Waals surface area (Å²) in [4.78, 5) is 24.0. The number of nitrogens with zero attached hydrogens (tertiary/aromatic N) is 1. The van der Waals surface area contributed by atoms with Crippen molar-refractivity contribution in [3.8, 4) is 11.8 Å². The minimum atomic E-state index is -0.887. The van der Waals surface area contributed by atoms with E-state index in [4.69, 9.17) is 21.1 Å². The van der Waals surface area contributed by atoms with Crippen molar-refractivity contribution in [3.05, 3.63) is 64.2 Å². The van der Waals surface area contributed by atoms with Crippen molar-refractivity contribution < 1.29 is 19.1 Å². The van der Waals surface area contributed by atoms with Gasteiger partial charge in [-0.1, -0.05) is 29.8 Å². The van der Waals surface area contributed by atoms with Crippen molar-refractivity contribution in [1.29, 1.82) is 5.26 Å². The molecule has 28 heavy (non-hydrogen) atoms. The highest BCUT2D eigenvalue weighted by Gasteiger charge is 2.14. The third kappa shape index (κ3) is 6.15. The number of halogens is 1. The van der Waals surface area contributed by atoms with E-state index in [1.54, 1.807) is 48.5 Å². The molecule has 0 aromatic heterocycles. The second kappa shape index (κ2) is 10.1. The van der Waals surface area contributed by atoms with E-state index in [1.807, 2.05) is 13.8 Å². The Kier molecular flexibility index (Phi) is 7.61. The van der Waals surface area contributed by atoms with Crippen molar-refractivity contribution >= 4 is 35.2 Å². The van der Waals surface area contributed by atoms with Crippen LogP contribution in [-0.2, 0) is 14.3 Å². The standard InChI is InChI=1S/C21H19ClN2O4/c1-3-27-17-7-5-15(6-8-17)11-16(12-23)21(26)28-13-20(25)24-19-9-4-14(2)10-18(19)22/h4-11H,3,13H2,1-2H3,(H,24,25)/b16-11+. The van der Waals surface area contributed by atoms with Crippen molar-refractivity contribution in [2.45, 2.75) is 13.8 Å². The molecule has 0 fully saturated rings. The van der Waals surface area contributed by atoms with Gasteiger partial charge in [-0.25, -0.2) is 4.79 Å². The third-order valence-corrected chi connectivity index (χ3v) is 3.89. The molecule has 1 N–H and O–H groups in total. The fourth-order valence-corrected chi connectivity index (χ4v) is 2.53. The van der Waals surface area contributed by atoms with Crippen molar-refractivity contribution in [3.63, 3.8) is 0 Å². The van der Waals surface area contributed by atoms with E-state index >= 15 is 0 Å². The van der Waals surface area contributed by atoms with E-state index in [0.717, 1.165) is 5.56 Å². The van der Waals surface area contributed by atoms with Crippen LogP contribution in [0.5, 0.6) is 5.75 Å². The van der Waals surface area contributed by atoms with Gasteiger partial charge in [0.05, 0.1) is 17.3 Å². The Morgan fingerprint density at radius 1 is 1.21 bits per heavy atom. The molecule has 0 spiro atoms. The number of nitriles is 1. The Bertz CT molecular complexity index is 930. The lowest BCUT2D eigenvalue weighted by molar-refractivity contribution is -0.142. The highest BCUT2D eigenvalue weighted by atomic mass is 35.5. The predicted octanol–water partition coefficient (Wildman–Crippen LogP) is 4.14. The maximum atomic E-state index is 12.1. The zero-order valence-electron chi connectivity index (χ0n) is 15.5. The summed E-state index contributed by atoms with van der Waals surface area (Å²) < 4.78 is 10.3. The topological polar surface area (TPSA) is 88.4 Å². The zero-order valence-corrected chi connectivity index (χ0v) is 16.2. The normalized spacial score (nSPS) is 10.7. The molecular weight excluding hydrogens is 380 g/mol. The van der Waals surface area contributed by atoms with E-state index in [-0.39, 0.29) is 5.57 Å². The Hall–Kier alpha value is -3.30. The van der Waals surface area contributed by atoms with Gasteiger partial charge in [0.2, 0.25) is 0 Å². The SMILES string of the molecule is CCOc1ccc(/C=C(\C#N)C(=O)OCC(=O)Nc2ccc(C)cc2Cl)cc1. The first-order valence-electron chi connectivity index (χ1n) is 8.50. The first-order chi connectivity index (χ1) is 13.4. The van der Waals surface area contributed by atoms with Crippen LogP contribution in [0, 0.1) is 18.3 Å². The monoisotopic (exact) mass is 398 g/mol. The Balaban J connectivity index is 1.95. The van der Waals surface area contributed by atoms with Crippen LogP contribution >= 0.6 is 11.6 Å². The van der Waals surface area contributed by atoms with Gasteiger partial charge in [-0.15, -0.1) is 0 Å². The summed E-state index contributed by atoms with van der Waals surface area (Å²) in [7, 11) is 0. The number of carbonyl (C=O) groups excluding carboxylic acids is 2. The molecule has 0 atom stereocenters. The fourth-order valence-electron chi connectivity index (χ4n) is 2.25. The first-order valence-corrected chi connectivity index (χ1v) is 8.88. The maximum Gasteiger partial charge on any atom is 0.349 e. The molecule has 0 aliphatic carbocycles. The smallest absolute Gasteiger partial charge is 0.349 e. The summed E-state index contributed by atoms with van der Waals surface area (Å²) in [6.07, 6.45) is 1.38. The average Bonchev–Trinajstić information content (AvgIpc) is 2.68. The average molecular weight is 399 g/mol. The highest BCUT2D eigenvalue weighted by Crippen LogP contribution is 2.22. The molecule has 0 bridgehead atoms. The molecule has 2 aromatic rings. The minimum absolute atomic E-state index is 0.217. The van der Waals surface area contributed by atoms with E-state index < -0.39 is 18.5 Å². The zero-order chi connectivity index (χ0) is 20.5. The van der Waals surface area contributed by atoms with Crippen molar-refractivity contribution in [1.82, 2.24) is 0 Å². The van der Waals surface area contributed by atoms with Crippen molar-refractivity contribution in [2.24, 2.45) is 0 Å². The number of rotatable bonds is 7. The van der Waals surface area contributed by atoms with Crippen LogP contribution in [0.2, 0.25) is 5.02 Å². The van der Waals surface area contributed by atoms with E-state index in [2.05, 4.69) is 5.32 Å². The molecule has 0 unspecified atom stereocenters. The number of anilines is 1. The third-order valence-electron chi connectivity index (χ3n) is 3.58. The largest absolute Gasteiger partial charge is 0.494 e. The minimum Gasteiger partial charge on any atom is -0.494 e. The Morgan fingerprint density at radius 3 is 2.54 bits per heavy atom. The molecule has 0 aliphatic rings. The predicted molar refractivity (Wildman–Crippen MR) is 107 cm³/mol. The van der Waals surface area contributed by atoms with Gasteiger partial charge >= 0.3 is 5.97 Å². The second-order valence-electron chi connectivity index (χ2n) is 5.78. The molecule has 1 amide bonds. The molecule has 0 saturated carbocycles. The van der Waals surface area contributed by atoms with Crippen LogP contribution in [0.3, 0.4) is 0 Å². The molecule has 0 heterocycles. The van der Waals surface area contributed by atoms with Gasteiger partial charge < -0.3 is 14.8 Å². The number of esters is 1. The molecule has 2 aromatic carbocycles. The Morgan fingerprint density at radius 2 is 1.93 bits per heavy atom. The van der Waals surface area contributed by atoms with E-state index in [9.17, 15) is 14.9 Å². The first kappa shape index (κ1) is 21.0.